The minimum atomic E-state index is -0.0181. The maximum atomic E-state index is 7.75. The summed E-state index contributed by atoms with van der Waals surface area (Å²) in [5.74, 6) is 0.680. The molecule has 1 spiro atoms. The molecule has 0 amide bonds. The molecule has 0 N–H and O–H groups in total. The van der Waals surface area contributed by atoms with Crippen LogP contribution in [-0.2, 0) is 5.41 Å². The van der Waals surface area contributed by atoms with E-state index in [4.69, 9.17) is 21.0 Å². The number of aromatic nitrogens is 2. The van der Waals surface area contributed by atoms with E-state index in [1.165, 1.54) is 52.6 Å². The number of furan rings is 1. The van der Waals surface area contributed by atoms with Crippen LogP contribution in [0, 0.1) is 6.57 Å². The summed E-state index contributed by atoms with van der Waals surface area (Å²) >= 11 is 0. The van der Waals surface area contributed by atoms with Gasteiger partial charge in [-0.05, 0) is 70.5 Å². The Labute approximate surface area is 296 Å². The molecule has 242 valence electrons. The van der Waals surface area contributed by atoms with Crippen LogP contribution in [0.25, 0.3) is 82.9 Å². The van der Waals surface area contributed by atoms with E-state index in [1.54, 1.807) is 0 Å². The summed E-state index contributed by atoms with van der Waals surface area (Å²) in [6.07, 6.45) is 5.97. The van der Waals surface area contributed by atoms with Gasteiger partial charge in [0.25, 0.3) is 0 Å². The predicted octanol–water partition coefficient (Wildman–Crippen LogP) is 12.8. The minimum absolute atomic E-state index is 0.0181. The van der Waals surface area contributed by atoms with Crippen molar-refractivity contribution in [2.24, 2.45) is 0 Å². The Morgan fingerprint density at radius 3 is 2.10 bits per heavy atom. The fourth-order valence-corrected chi connectivity index (χ4v) is 8.76. The number of nitrogens with zero attached hydrogens (tertiary/aromatic N) is 3. The van der Waals surface area contributed by atoms with Crippen molar-refractivity contribution in [2.45, 2.75) is 37.5 Å². The van der Waals surface area contributed by atoms with Crippen molar-refractivity contribution in [2.75, 3.05) is 0 Å². The predicted molar refractivity (Wildman–Crippen MR) is 207 cm³/mol. The number of benzene rings is 6. The third-order valence-electron chi connectivity index (χ3n) is 11.1. The smallest absolute Gasteiger partial charge is 0.187 e. The highest BCUT2D eigenvalue weighted by molar-refractivity contribution is 6.11. The first-order valence-electron chi connectivity index (χ1n) is 17.8. The van der Waals surface area contributed by atoms with Crippen molar-refractivity contribution in [1.82, 2.24) is 9.97 Å². The van der Waals surface area contributed by atoms with Gasteiger partial charge >= 0.3 is 0 Å². The molecule has 0 bridgehead atoms. The lowest BCUT2D eigenvalue weighted by Gasteiger charge is -2.36. The average molecular weight is 656 g/mol. The van der Waals surface area contributed by atoms with E-state index in [-0.39, 0.29) is 5.41 Å². The zero-order chi connectivity index (χ0) is 33.9. The number of rotatable bonds is 4. The molecule has 2 aliphatic carbocycles. The quantitative estimate of drug-likeness (QED) is 0.177. The van der Waals surface area contributed by atoms with Crippen LogP contribution >= 0.6 is 0 Å². The Morgan fingerprint density at radius 2 is 1.29 bits per heavy atom. The molecule has 0 saturated heterocycles. The summed E-state index contributed by atoms with van der Waals surface area (Å²) in [5.41, 5.74) is 14.8. The SMILES string of the molecule is [C-]#[N+]c1ccc2c(c1)C1(CCCCC1)c1cccc(-c3ccc4oc5c(-c6cc(-c7ccccc7)nc(-c7ccccc7)n6)cccc5c4c3)c1-2. The lowest BCUT2D eigenvalue weighted by atomic mass is 9.67. The van der Waals surface area contributed by atoms with Crippen LogP contribution in [0.1, 0.15) is 43.2 Å². The van der Waals surface area contributed by atoms with E-state index in [1.807, 2.05) is 42.5 Å². The molecule has 6 aromatic carbocycles. The lowest BCUT2D eigenvalue weighted by molar-refractivity contribution is 0.353. The summed E-state index contributed by atoms with van der Waals surface area (Å²) in [4.78, 5) is 13.9. The summed E-state index contributed by atoms with van der Waals surface area (Å²) in [6.45, 7) is 7.75. The first-order chi connectivity index (χ1) is 25.2. The zero-order valence-corrected chi connectivity index (χ0v) is 28.1. The van der Waals surface area contributed by atoms with Crippen molar-refractivity contribution in [1.29, 1.82) is 0 Å². The zero-order valence-electron chi connectivity index (χ0n) is 28.1. The highest BCUT2D eigenvalue weighted by Crippen LogP contribution is 2.58. The van der Waals surface area contributed by atoms with Crippen LogP contribution in [0.3, 0.4) is 0 Å². The fraction of sp³-hybridized carbons (Fsp3) is 0.128. The molecule has 2 heterocycles. The molecule has 2 aliphatic rings. The highest BCUT2D eigenvalue weighted by Gasteiger charge is 2.44. The number of para-hydroxylation sites is 1. The van der Waals surface area contributed by atoms with Gasteiger partial charge in [0.15, 0.2) is 11.5 Å². The van der Waals surface area contributed by atoms with Crippen molar-refractivity contribution in [3.8, 4) is 56.2 Å². The van der Waals surface area contributed by atoms with Gasteiger partial charge in [-0.1, -0.05) is 135 Å². The molecule has 0 radical (unpaired) electrons. The van der Waals surface area contributed by atoms with E-state index >= 15 is 0 Å². The molecule has 4 nitrogen and oxygen atoms in total. The summed E-state index contributed by atoms with van der Waals surface area (Å²) in [7, 11) is 0. The van der Waals surface area contributed by atoms with E-state index in [2.05, 4.69) is 102 Å². The van der Waals surface area contributed by atoms with E-state index in [0.717, 1.165) is 68.5 Å². The summed E-state index contributed by atoms with van der Waals surface area (Å²) in [6, 6.07) is 48.6. The monoisotopic (exact) mass is 655 g/mol. The average Bonchev–Trinajstić information content (AvgIpc) is 3.71. The van der Waals surface area contributed by atoms with Gasteiger partial charge in [-0.15, -0.1) is 0 Å². The molecule has 8 aromatic rings. The third-order valence-corrected chi connectivity index (χ3v) is 11.1. The van der Waals surface area contributed by atoms with Crippen LogP contribution in [0.5, 0.6) is 0 Å². The van der Waals surface area contributed by atoms with E-state index < -0.39 is 0 Å². The molecule has 1 saturated carbocycles. The second-order valence-corrected chi connectivity index (χ2v) is 13.9. The topological polar surface area (TPSA) is 43.3 Å². The van der Waals surface area contributed by atoms with Crippen molar-refractivity contribution >= 4 is 27.6 Å². The second kappa shape index (κ2) is 11.6. The molecular formula is C47H33N3O. The first-order valence-corrected chi connectivity index (χ1v) is 17.8. The third kappa shape index (κ3) is 4.66. The Morgan fingerprint density at radius 1 is 0.549 bits per heavy atom. The first kappa shape index (κ1) is 29.6. The van der Waals surface area contributed by atoms with Gasteiger partial charge in [-0.25, -0.2) is 14.8 Å². The molecule has 0 unspecified atom stereocenters. The van der Waals surface area contributed by atoms with Gasteiger partial charge in [0.2, 0.25) is 0 Å². The van der Waals surface area contributed by atoms with Crippen molar-refractivity contribution in [3.63, 3.8) is 0 Å². The molecule has 0 atom stereocenters. The minimum Gasteiger partial charge on any atom is -0.455 e. The Bertz CT molecular complexity index is 2620. The van der Waals surface area contributed by atoms with Gasteiger partial charge in [0.05, 0.1) is 18.0 Å². The normalized spacial score (nSPS) is 14.4. The van der Waals surface area contributed by atoms with E-state index in [9.17, 15) is 0 Å². The molecule has 0 aliphatic heterocycles. The van der Waals surface area contributed by atoms with Crippen LogP contribution < -0.4 is 0 Å². The van der Waals surface area contributed by atoms with Crippen LogP contribution in [-0.4, -0.2) is 9.97 Å². The Balaban J connectivity index is 1.14. The molecular weight excluding hydrogens is 623 g/mol. The van der Waals surface area contributed by atoms with Gasteiger partial charge in [0, 0.05) is 32.9 Å². The number of hydrogen-bond acceptors (Lipinski definition) is 3. The van der Waals surface area contributed by atoms with Gasteiger partial charge in [-0.2, -0.15) is 0 Å². The van der Waals surface area contributed by atoms with Crippen LogP contribution in [0.2, 0.25) is 0 Å². The summed E-state index contributed by atoms with van der Waals surface area (Å²) < 4.78 is 6.70. The Hall–Kier alpha value is -6.31. The molecule has 2 aromatic heterocycles. The van der Waals surface area contributed by atoms with Gasteiger partial charge < -0.3 is 4.42 Å². The molecule has 1 fully saturated rings. The number of hydrogen-bond donors (Lipinski definition) is 0. The highest BCUT2D eigenvalue weighted by atomic mass is 16.3. The standard InChI is InChI=1S/C47H33N3O/c1-48-33-22-23-36-40(28-33)47(25-9-4-10-26-47)39-20-12-17-34(44(36)39)32-21-24-43-38(27-32)35-18-11-19-37(45(35)51-43)42-29-41(30-13-5-2-6-14-30)49-46(50-42)31-15-7-3-8-16-31/h2-3,5-8,11-24,27-29H,4,9-10,25-26H2. The van der Waals surface area contributed by atoms with Crippen LogP contribution in [0.4, 0.5) is 5.69 Å². The maximum absolute atomic E-state index is 7.75. The van der Waals surface area contributed by atoms with Gasteiger partial charge in [-0.3, -0.25) is 0 Å². The van der Waals surface area contributed by atoms with Crippen molar-refractivity contribution < 1.29 is 4.42 Å². The van der Waals surface area contributed by atoms with Gasteiger partial charge in [0.1, 0.15) is 11.2 Å². The molecule has 4 heteroatoms. The molecule has 51 heavy (non-hydrogen) atoms. The van der Waals surface area contributed by atoms with Crippen LogP contribution in [0.15, 0.2) is 144 Å². The lowest BCUT2D eigenvalue weighted by Crippen LogP contribution is -2.28. The van der Waals surface area contributed by atoms with E-state index in [0.29, 0.717) is 5.82 Å². The second-order valence-electron chi connectivity index (χ2n) is 13.9. The maximum Gasteiger partial charge on any atom is 0.187 e. The number of fused-ring (bicyclic) bond motifs is 8. The molecule has 10 rings (SSSR count). The summed E-state index contributed by atoms with van der Waals surface area (Å²) in [5, 5.41) is 2.14. The fourth-order valence-electron chi connectivity index (χ4n) is 8.76. The largest absolute Gasteiger partial charge is 0.455 e. The van der Waals surface area contributed by atoms with Crippen molar-refractivity contribution in [3.05, 3.63) is 162 Å². The Kier molecular flexibility index (Phi) is 6.76.